The van der Waals surface area contributed by atoms with Crippen LogP contribution in [0.25, 0.3) is 22.2 Å². The normalized spacial score (nSPS) is 17.3. The molecule has 28 heavy (non-hydrogen) atoms. The second-order valence-electron chi connectivity index (χ2n) is 7.77. The Morgan fingerprint density at radius 2 is 2.00 bits per heavy atom. The summed E-state index contributed by atoms with van der Waals surface area (Å²) in [5.41, 5.74) is 5.74. The zero-order valence-electron chi connectivity index (χ0n) is 16.9. The van der Waals surface area contributed by atoms with Crippen molar-refractivity contribution in [3.05, 3.63) is 59.7 Å². The Morgan fingerprint density at radius 3 is 2.79 bits per heavy atom. The second-order valence-corrected chi connectivity index (χ2v) is 7.77. The minimum absolute atomic E-state index is 0.630. The van der Waals surface area contributed by atoms with Crippen LogP contribution >= 0.6 is 0 Å². The molecule has 0 radical (unpaired) electrons. The number of aromatic nitrogens is 1. The number of aryl methyl sites for hydroxylation is 1. The Bertz CT molecular complexity index is 970. The van der Waals surface area contributed by atoms with Crippen molar-refractivity contribution in [1.82, 2.24) is 9.88 Å². The highest BCUT2D eigenvalue weighted by atomic mass is 16.5. The summed E-state index contributed by atoms with van der Waals surface area (Å²) in [6, 6.07) is 17.0. The van der Waals surface area contributed by atoms with Gasteiger partial charge in [0.05, 0.1) is 24.9 Å². The predicted octanol–water partition coefficient (Wildman–Crippen LogP) is 4.69. The lowest BCUT2D eigenvalue weighted by Crippen LogP contribution is -2.22. The van der Waals surface area contributed by atoms with Gasteiger partial charge in [-0.2, -0.15) is 0 Å². The van der Waals surface area contributed by atoms with E-state index in [-0.39, 0.29) is 0 Å². The van der Waals surface area contributed by atoms with Gasteiger partial charge in [-0.3, -0.25) is 4.90 Å². The van der Waals surface area contributed by atoms with Crippen LogP contribution in [0.4, 0.5) is 0 Å². The Kier molecular flexibility index (Phi) is 5.60. The topological polar surface area (TPSA) is 34.6 Å². The highest BCUT2D eigenvalue weighted by Gasteiger charge is 2.23. The van der Waals surface area contributed by atoms with Crippen molar-refractivity contribution in [3.63, 3.8) is 0 Å². The number of pyridine rings is 1. The van der Waals surface area contributed by atoms with E-state index in [4.69, 9.17) is 14.5 Å². The lowest BCUT2D eigenvalue weighted by Gasteiger charge is -2.19. The quantitative estimate of drug-likeness (QED) is 0.625. The number of hydrogen-bond acceptors (Lipinski definition) is 4. The van der Waals surface area contributed by atoms with Crippen LogP contribution < -0.4 is 4.74 Å². The van der Waals surface area contributed by atoms with Gasteiger partial charge in [-0.15, -0.1) is 0 Å². The van der Waals surface area contributed by atoms with Gasteiger partial charge in [0.2, 0.25) is 0 Å². The standard InChI is InChI=1S/C24H28N2O2/c1-17-5-4-6-20(11-17)24-21(15-26-10-9-18(14-26)16-27-2)12-19-7-8-22(28-3)13-23(19)25-24/h4-8,11-13,18H,9-10,14-16H2,1-3H3/t18-/m0/s1. The average Bonchev–Trinajstić information content (AvgIpc) is 3.14. The highest BCUT2D eigenvalue weighted by molar-refractivity contribution is 5.84. The molecule has 1 aromatic heterocycles. The van der Waals surface area contributed by atoms with E-state index in [2.05, 4.69) is 48.2 Å². The van der Waals surface area contributed by atoms with E-state index in [1.54, 1.807) is 14.2 Å². The van der Waals surface area contributed by atoms with Gasteiger partial charge in [-0.25, -0.2) is 4.98 Å². The SMILES string of the molecule is COC[C@H]1CCN(Cc2cc3ccc(OC)cc3nc2-c2cccc(C)c2)C1. The third-order valence-electron chi connectivity index (χ3n) is 5.56. The number of likely N-dealkylation sites (tertiary alicyclic amines) is 1. The molecule has 1 aliphatic rings. The molecule has 4 heteroatoms. The van der Waals surface area contributed by atoms with Crippen LogP contribution in [0.2, 0.25) is 0 Å². The van der Waals surface area contributed by atoms with Crippen molar-refractivity contribution in [2.45, 2.75) is 19.9 Å². The van der Waals surface area contributed by atoms with Crippen molar-refractivity contribution < 1.29 is 9.47 Å². The molecule has 3 aromatic rings. The molecule has 2 aromatic carbocycles. The van der Waals surface area contributed by atoms with Gasteiger partial charge in [0.15, 0.2) is 0 Å². The summed E-state index contributed by atoms with van der Waals surface area (Å²) in [6.07, 6.45) is 1.20. The van der Waals surface area contributed by atoms with Crippen molar-refractivity contribution in [3.8, 4) is 17.0 Å². The summed E-state index contributed by atoms with van der Waals surface area (Å²) in [5.74, 6) is 1.47. The minimum atomic E-state index is 0.630. The number of nitrogens with zero attached hydrogens (tertiary/aromatic N) is 2. The Labute approximate surface area is 167 Å². The lowest BCUT2D eigenvalue weighted by atomic mass is 10.0. The van der Waals surface area contributed by atoms with Crippen molar-refractivity contribution in [2.75, 3.05) is 33.9 Å². The summed E-state index contributed by atoms with van der Waals surface area (Å²) in [5, 5.41) is 1.15. The second kappa shape index (κ2) is 8.29. The van der Waals surface area contributed by atoms with Crippen molar-refractivity contribution in [2.24, 2.45) is 5.92 Å². The fourth-order valence-electron chi connectivity index (χ4n) is 4.15. The van der Waals surface area contributed by atoms with Crippen LogP contribution in [-0.2, 0) is 11.3 Å². The molecule has 1 atom stereocenters. The van der Waals surface area contributed by atoms with Crippen molar-refractivity contribution >= 4 is 10.9 Å². The molecule has 4 nitrogen and oxygen atoms in total. The first-order chi connectivity index (χ1) is 13.7. The third kappa shape index (κ3) is 4.03. The molecule has 1 saturated heterocycles. The smallest absolute Gasteiger partial charge is 0.121 e. The number of fused-ring (bicyclic) bond motifs is 1. The van der Waals surface area contributed by atoms with Gasteiger partial charge in [-0.05, 0) is 55.6 Å². The molecular weight excluding hydrogens is 348 g/mol. The number of methoxy groups -OCH3 is 2. The van der Waals surface area contributed by atoms with E-state index in [1.807, 2.05) is 12.1 Å². The molecule has 0 spiro atoms. The van der Waals surface area contributed by atoms with Crippen LogP contribution in [0, 0.1) is 12.8 Å². The zero-order chi connectivity index (χ0) is 19.5. The largest absolute Gasteiger partial charge is 0.497 e. The first-order valence-corrected chi connectivity index (χ1v) is 9.92. The Balaban J connectivity index is 1.73. The molecule has 4 rings (SSSR count). The molecule has 0 aliphatic carbocycles. The maximum absolute atomic E-state index is 5.40. The molecular formula is C24H28N2O2. The number of hydrogen-bond donors (Lipinski definition) is 0. The fraction of sp³-hybridized carbons (Fsp3) is 0.375. The van der Waals surface area contributed by atoms with Crippen LogP contribution in [0.1, 0.15) is 17.5 Å². The highest BCUT2D eigenvalue weighted by Crippen LogP contribution is 2.30. The van der Waals surface area contributed by atoms with Gasteiger partial charge in [-0.1, -0.05) is 23.8 Å². The van der Waals surface area contributed by atoms with Crippen LogP contribution in [0.5, 0.6) is 5.75 Å². The first-order valence-electron chi connectivity index (χ1n) is 9.92. The summed E-state index contributed by atoms with van der Waals surface area (Å²) in [4.78, 5) is 7.58. The summed E-state index contributed by atoms with van der Waals surface area (Å²) in [6.45, 7) is 6.09. The molecule has 0 unspecified atom stereocenters. The third-order valence-corrected chi connectivity index (χ3v) is 5.56. The molecule has 0 saturated carbocycles. The monoisotopic (exact) mass is 376 g/mol. The molecule has 0 amide bonds. The first kappa shape index (κ1) is 18.9. The maximum atomic E-state index is 5.40. The zero-order valence-corrected chi connectivity index (χ0v) is 16.9. The van der Waals surface area contributed by atoms with Crippen LogP contribution in [0.15, 0.2) is 48.5 Å². The van der Waals surface area contributed by atoms with Gasteiger partial charge in [0.1, 0.15) is 5.75 Å². The molecule has 0 bridgehead atoms. The van der Waals surface area contributed by atoms with Gasteiger partial charge >= 0.3 is 0 Å². The van der Waals surface area contributed by atoms with E-state index in [9.17, 15) is 0 Å². The van der Waals surface area contributed by atoms with Crippen LogP contribution in [-0.4, -0.2) is 43.8 Å². The fourth-order valence-corrected chi connectivity index (χ4v) is 4.15. The molecule has 0 N–H and O–H groups in total. The Hall–Kier alpha value is -2.43. The summed E-state index contributed by atoms with van der Waals surface area (Å²) in [7, 11) is 3.49. The van der Waals surface area contributed by atoms with E-state index in [1.165, 1.54) is 23.1 Å². The molecule has 1 aliphatic heterocycles. The van der Waals surface area contributed by atoms with E-state index < -0.39 is 0 Å². The molecule has 2 heterocycles. The van der Waals surface area contributed by atoms with E-state index >= 15 is 0 Å². The van der Waals surface area contributed by atoms with Gasteiger partial charge in [0.25, 0.3) is 0 Å². The number of ether oxygens (including phenoxy) is 2. The van der Waals surface area contributed by atoms with E-state index in [0.717, 1.165) is 48.6 Å². The number of benzene rings is 2. The maximum Gasteiger partial charge on any atom is 0.121 e. The summed E-state index contributed by atoms with van der Waals surface area (Å²) < 4.78 is 10.8. The average molecular weight is 377 g/mol. The minimum Gasteiger partial charge on any atom is -0.497 e. The van der Waals surface area contributed by atoms with Gasteiger partial charge < -0.3 is 9.47 Å². The Morgan fingerprint density at radius 1 is 1.11 bits per heavy atom. The van der Waals surface area contributed by atoms with E-state index in [0.29, 0.717) is 5.92 Å². The molecule has 146 valence electrons. The van der Waals surface area contributed by atoms with Crippen molar-refractivity contribution in [1.29, 1.82) is 0 Å². The predicted molar refractivity (Wildman–Crippen MR) is 114 cm³/mol. The van der Waals surface area contributed by atoms with Crippen LogP contribution in [0.3, 0.4) is 0 Å². The van der Waals surface area contributed by atoms with Gasteiger partial charge in [0, 0.05) is 37.2 Å². The lowest BCUT2D eigenvalue weighted by molar-refractivity contribution is 0.152. The summed E-state index contributed by atoms with van der Waals surface area (Å²) >= 11 is 0. The number of rotatable bonds is 6. The molecule has 1 fully saturated rings.